The van der Waals surface area contributed by atoms with Crippen LogP contribution in [0.3, 0.4) is 0 Å². The van der Waals surface area contributed by atoms with Crippen LogP contribution in [0.2, 0.25) is 0 Å². The topological polar surface area (TPSA) is 51.3 Å². The van der Waals surface area contributed by atoms with Gasteiger partial charge in [-0.15, -0.1) is 12.4 Å². The van der Waals surface area contributed by atoms with Crippen LogP contribution in [0.5, 0.6) is 0 Å². The first-order chi connectivity index (χ1) is 13.6. The van der Waals surface area contributed by atoms with E-state index < -0.39 is 0 Å². The van der Waals surface area contributed by atoms with Gasteiger partial charge in [0.25, 0.3) is 5.91 Å². The Morgan fingerprint density at radius 2 is 1.83 bits per heavy atom. The van der Waals surface area contributed by atoms with E-state index in [1.807, 2.05) is 45.9 Å². The van der Waals surface area contributed by atoms with Crippen molar-refractivity contribution in [3.63, 3.8) is 0 Å². The molecule has 6 heteroatoms. The third-order valence-electron chi connectivity index (χ3n) is 6.52. The predicted octanol–water partition coefficient (Wildman–Crippen LogP) is 4.06. The molecule has 0 spiro atoms. The quantitative estimate of drug-likeness (QED) is 0.704. The number of hydrogen-bond acceptors (Lipinski definition) is 2. The van der Waals surface area contributed by atoms with Gasteiger partial charge in [0, 0.05) is 35.6 Å². The number of hydrogen-bond donors (Lipinski definition) is 1. The number of nitrogens with two attached hydrogens (primary N) is 1. The van der Waals surface area contributed by atoms with Gasteiger partial charge in [-0.05, 0) is 42.9 Å². The second kappa shape index (κ2) is 7.81. The molecule has 1 saturated heterocycles. The van der Waals surface area contributed by atoms with Crippen molar-refractivity contribution in [1.29, 1.82) is 0 Å². The molecule has 2 N–H and O–H groups in total. The maximum Gasteiger partial charge on any atom is 0.270 e. The highest BCUT2D eigenvalue weighted by Crippen LogP contribution is 2.38. The van der Waals surface area contributed by atoms with Gasteiger partial charge in [-0.2, -0.15) is 0 Å². The number of fused-ring (bicyclic) bond motifs is 2. The first kappa shape index (κ1) is 19.9. The van der Waals surface area contributed by atoms with Crippen LogP contribution in [0.1, 0.15) is 28.9 Å². The number of rotatable bonds is 3. The number of aromatic nitrogens is 1. The van der Waals surface area contributed by atoms with Crippen LogP contribution in [0.15, 0.2) is 54.6 Å². The molecule has 1 aliphatic carbocycles. The van der Waals surface area contributed by atoms with E-state index in [1.54, 1.807) is 12.1 Å². The SMILES string of the molecule is Cl.NC1CCC2CN(C(=O)c3cc4ccccc4n3Cc3ccccc3F)CC12. The highest BCUT2D eigenvalue weighted by atomic mass is 35.5. The van der Waals surface area contributed by atoms with Crippen molar-refractivity contribution < 1.29 is 9.18 Å². The Kier molecular flexibility index (Phi) is 5.36. The van der Waals surface area contributed by atoms with E-state index in [-0.39, 0.29) is 30.2 Å². The molecule has 2 fully saturated rings. The third kappa shape index (κ3) is 3.43. The number of benzene rings is 2. The molecule has 5 rings (SSSR count). The maximum atomic E-state index is 14.3. The molecule has 0 radical (unpaired) electrons. The lowest BCUT2D eigenvalue weighted by Crippen LogP contribution is -2.34. The lowest BCUT2D eigenvalue weighted by molar-refractivity contribution is 0.0770. The van der Waals surface area contributed by atoms with E-state index in [1.165, 1.54) is 6.07 Å². The van der Waals surface area contributed by atoms with E-state index in [2.05, 4.69) is 0 Å². The minimum Gasteiger partial charge on any atom is -0.337 e. The largest absolute Gasteiger partial charge is 0.337 e. The van der Waals surface area contributed by atoms with Crippen molar-refractivity contribution >= 4 is 29.2 Å². The second-order valence-electron chi connectivity index (χ2n) is 8.14. The third-order valence-corrected chi connectivity index (χ3v) is 6.52. The minimum absolute atomic E-state index is 0. The van der Waals surface area contributed by atoms with Crippen molar-refractivity contribution in [2.75, 3.05) is 13.1 Å². The molecule has 3 atom stereocenters. The van der Waals surface area contributed by atoms with E-state index >= 15 is 0 Å². The summed E-state index contributed by atoms with van der Waals surface area (Å²) in [5.41, 5.74) is 8.40. The van der Waals surface area contributed by atoms with Crippen LogP contribution in [0, 0.1) is 17.7 Å². The molecular formula is C23H25ClFN3O. The first-order valence-electron chi connectivity index (χ1n) is 9.98. The van der Waals surface area contributed by atoms with Crippen molar-refractivity contribution in [3.8, 4) is 0 Å². The average molecular weight is 414 g/mol. The van der Waals surface area contributed by atoms with Gasteiger partial charge in [-0.3, -0.25) is 4.79 Å². The Morgan fingerprint density at radius 1 is 1.07 bits per heavy atom. The van der Waals surface area contributed by atoms with E-state index in [4.69, 9.17) is 5.73 Å². The summed E-state index contributed by atoms with van der Waals surface area (Å²) in [5, 5.41) is 0.998. The zero-order valence-corrected chi connectivity index (χ0v) is 16.9. The molecule has 4 nitrogen and oxygen atoms in total. The smallest absolute Gasteiger partial charge is 0.270 e. The summed E-state index contributed by atoms with van der Waals surface area (Å²) in [4.78, 5) is 15.4. The summed E-state index contributed by atoms with van der Waals surface area (Å²) in [6.07, 6.45) is 2.17. The molecule has 2 aliphatic rings. The summed E-state index contributed by atoms with van der Waals surface area (Å²) in [6, 6.07) is 16.8. The molecule has 3 unspecified atom stereocenters. The number of carbonyl (C=O) groups excluding carboxylic acids is 1. The van der Waals surface area contributed by atoms with Gasteiger partial charge in [-0.25, -0.2) is 4.39 Å². The fraction of sp³-hybridized carbons (Fsp3) is 0.348. The van der Waals surface area contributed by atoms with Crippen molar-refractivity contribution in [2.24, 2.45) is 17.6 Å². The molecular weight excluding hydrogens is 389 g/mol. The van der Waals surface area contributed by atoms with Crippen LogP contribution in [-0.4, -0.2) is 34.5 Å². The normalized spacial score (nSPS) is 23.2. The molecule has 2 heterocycles. The van der Waals surface area contributed by atoms with Crippen molar-refractivity contribution in [2.45, 2.75) is 25.4 Å². The van der Waals surface area contributed by atoms with Crippen molar-refractivity contribution in [3.05, 3.63) is 71.7 Å². The van der Waals surface area contributed by atoms with Gasteiger partial charge in [0.15, 0.2) is 0 Å². The molecule has 3 aromatic rings. The average Bonchev–Trinajstić information content (AvgIpc) is 3.38. The molecule has 152 valence electrons. The summed E-state index contributed by atoms with van der Waals surface area (Å²) < 4.78 is 16.2. The Hall–Kier alpha value is -2.37. The lowest BCUT2D eigenvalue weighted by atomic mass is 9.98. The van der Waals surface area contributed by atoms with Gasteiger partial charge >= 0.3 is 0 Å². The van der Waals surface area contributed by atoms with Gasteiger partial charge in [0.05, 0.1) is 6.54 Å². The Labute approximate surface area is 175 Å². The molecule has 1 aromatic heterocycles. The van der Waals surface area contributed by atoms with E-state index in [0.29, 0.717) is 29.6 Å². The van der Waals surface area contributed by atoms with Crippen molar-refractivity contribution in [1.82, 2.24) is 9.47 Å². The molecule has 0 bridgehead atoms. The molecule has 1 aliphatic heterocycles. The summed E-state index contributed by atoms with van der Waals surface area (Å²) in [5.74, 6) is 0.700. The number of carbonyl (C=O) groups is 1. The summed E-state index contributed by atoms with van der Waals surface area (Å²) in [6.45, 7) is 1.84. The number of nitrogens with zero attached hydrogens (tertiary/aromatic N) is 2. The monoisotopic (exact) mass is 413 g/mol. The first-order valence-corrected chi connectivity index (χ1v) is 9.98. The Morgan fingerprint density at radius 3 is 2.62 bits per heavy atom. The number of halogens is 2. The van der Waals surface area contributed by atoms with Gasteiger partial charge in [-0.1, -0.05) is 36.4 Å². The van der Waals surface area contributed by atoms with Crippen LogP contribution in [0.25, 0.3) is 10.9 Å². The zero-order valence-electron chi connectivity index (χ0n) is 16.1. The maximum absolute atomic E-state index is 14.3. The van der Waals surface area contributed by atoms with Gasteiger partial charge in [0.2, 0.25) is 0 Å². The van der Waals surface area contributed by atoms with Crippen LogP contribution in [0.4, 0.5) is 4.39 Å². The fourth-order valence-electron chi connectivity index (χ4n) is 4.99. The Bertz CT molecular complexity index is 1050. The summed E-state index contributed by atoms with van der Waals surface area (Å²) in [7, 11) is 0. The van der Waals surface area contributed by atoms with E-state index in [0.717, 1.165) is 36.8 Å². The Balaban J connectivity index is 0.00000205. The van der Waals surface area contributed by atoms with E-state index in [9.17, 15) is 9.18 Å². The van der Waals surface area contributed by atoms with Crippen LogP contribution >= 0.6 is 12.4 Å². The highest BCUT2D eigenvalue weighted by molar-refractivity contribution is 5.99. The highest BCUT2D eigenvalue weighted by Gasteiger charge is 2.43. The van der Waals surface area contributed by atoms with Gasteiger partial charge in [0.1, 0.15) is 11.5 Å². The molecule has 1 saturated carbocycles. The molecule has 2 aromatic carbocycles. The standard InChI is InChI=1S/C23H24FN3O.ClH/c24-19-7-3-1-6-17(19)13-27-21-8-4-2-5-15(21)11-22(27)23(28)26-12-16-9-10-20(25)18(16)14-26;/h1-8,11,16,18,20H,9-10,12-14,25H2;1H. The van der Waals surface area contributed by atoms with Crippen LogP contribution < -0.4 is 5.73 Å². The minimum atomic E-state index is -0.250. The van der Waals surface area contributed by atoms with Gasteiger partial charge < -0.3 is 15.2 Å². The number of para-hydroxylation sites is 1. The number of amides is 1. The molecule has 29 heavy (non-hydrogen) atoms. The van der Waals surface area contributed by atoms with Crippen LogP contribution in [-0.2, 0) is 6.54 Å². The summed E-state index contributed by atoms with van der Waals surface area (Å²) >= 11 is 0. The molecule has 1 amide bonds. The number of likely N-dealkylation sites (tertiary alicyclic amines) is 1. The second-order valence-corrected chi connectivity index (χ2v) is 8.14. The lowest BCUT2D eigenvalue weighted by Gasteiger charge is -2.20. The fourth-order valence-corrected chi connectivity index (χ4v) is 4.99. The predicted molar refractivity (Wildman–Crippen MR) is 115 cm³/mol. The zero-order chi connectivity index (χ0) is 19.3.